The minimum atomic E-state index is 0.927. The van der Waals surface area contributed by atoms with Crippen molar-refractivity contribution in [3.63, 3.8) is 0 Å². The van der Waals surface area contributed by atoms with Crippen LogP contribution in [0.25, 0.3) is 0 Å². The molecule has 78 valence electrons. The first-order valence-corrected chi connectivity index (χ1v) is 5.71. The van der Waals surface area contributed by atoms with Crippen molar-refractivity contribution in [1.82, 2.24) is 15.1 Å². The molecule has 0 aromatic carbocycles. The van der Waals surface area contributed by atoms with E-state index in [9.17, 15) is 0 Å². The largest absolute Gasteiger partial charge is 0.354 e. The van der Waals surface area contributed by atoms with E-state index in [1.807, 2.05) is 0 Å². The number of nitrogens with one attached hydrogen (secondary N) is 1. The molecule has 0 aromatic heterocycles. The fraction of sp³-hybridized carbons (Fsp3) is 0.900. The summed E-state index contributed by atoms with van der Waals surface area (Å²) in [6, 6.07) is 0.927. The maximum absolute atomic E-state index is 4.46. The third-order valence-electron chi connectivity index (χ3n) is 3.33. The van der Waals surface area contributed by atoms with Crippen molar-refractivity contribution in [2.45, 2.75) is 18.9 Å². The van der Waals surface area contributed by atoms with Crippen LogP contribution >= 0.6 is 0 Å². The highest BCUT2D eigenvalue weighted by molar-refractivity contribution is 5.81. The van der Waals surface area contributed by atoms with Gasteiger partial charge in [-0.05, 0) is 12.8 Å². The second kappa shape index (κ2) is 3.42. The average molecular weight is 194 g/mol. The van der Waals surface area contributed by atoms with Gasteiger partial charge in [-0.3, -0.25) is 9.89 Å². The van der Waals surface area contributed by atoms with Crippen LogP contribution in [-0.2, 0) is 0 Å². The van der Waals surface area contributed by atoms with Gasteiger partial charge in [-0.2, -0.15) is 0 Å². The lowest BCUT2D eigenvalue weighted by molar-refractivity contribution is 0.172. The molecule has 1 aliphatic carbocycles. The molecule has 1 saturated carbocycles. The van der Waals surface area contributed by atoms with Crippen molar-refractivity contribution in [1.29, 1.82) is 0 Å². The van der Waals surface area contributed by atoms with Crippen molar-refractivity contribution in [2.75, 3.05) is 39.3 Å². The highest BCUT2D eigenvalue weighted by atomic mass is 15.4. The minimum absolute atomic E-state index is 0.927. The predicted molar refractivity (Wildman–Crippen MR) is 56.5 cm³/mol. The van der Waals surface area contributed by atoms with Crippen LogP contribution in [0, 0.1) is 0 Å². The molecule has 0 bridgehead atoms. The van der Waals surface area contributed by atoms with Gasteiger partial charge < -0.3 is 10.2 Å². The van der Waals surface area contributed by atoms with Gasteiger partial charge in [0.2, 0.25) is 0 Å². The summed E-state index contributed by atoms with van der Waals surface area (Å²) < 4.78 is 0. The van der Waals surface area contributed by atoms with Crippen LogP contribution in [0.2, 0.25) is 0 Å². The molecule has 2 heterocycles. The average Bonchev–Trinajstić information content (AvgIpc) is 2.94. The molecule has 4 heteroatoms. The number of aliphatic imine (C=N–C) groups is 1. The van der Waals surface area contributed by atoms with Crippen LogP contribution in [-0.4, -0.2) is 61.1 Å². The highest BCUT2D eigenvalue weighted by Crippen LogP contribution is 2.27. The fourth-order valence-electron chi connectivity index (χ4n) is 2.34. The van der Waals surface area contributed by atoms with Crippen molar-refractivity contribution < 1.29 is 0 Å². The summed E-state index contributed by atoms with van der Waals surface area (Å²) in [6.07, 6.45) is 2.86. The number of hydrogen-bond donors (Lipinski definition) is 1. The van der Waals surface area contributed by atoms with E-state index in [2.05, 4.69) is 20.1 Å². The fourth-order valence-corrected chi connectivity index (χ4v) is 2.34. The standard InChI is InChI=1S/C10H18N4/c1-2-9(1)13-5-7-14(8-6-13)10-11-3-4-12-10/h9H,1-8H2,(H,11,12). The van der Waals surface area contributed by atoms with Crippen LogP contribution in [0.1, 0.15) is 12.8 Å². The Morgan fingerprint density at radius 1 is 1.14 bits per heavy atom. The molecule has 0 radical (unpaired) electrons. The van der Waals surface area contributed by atoms with Crippen molar-refractivity contribution >= 4 is 5.96 Å². The van der Waals surface area contributed by atoms with Crippen molar-refractivity contribution in [2.24, 2.45) is 4.99 Å². The molecular weight excluding hydrogens is 176 g/mol. The molecule has 0 aromatic rings. The Morgan fingerprint density at radius 2 is 1.93 bits per heavy atom. The lowest BCUT2D eigenvalue weighted by Crippen LogP contribution is -2.51. The minimum Gasteiger partial charge on any atom is -0.354 e. The highest BCUT2D eigenvalue weighted by Gasteiger charge is 2.31. The summed E-state index contributed by atoms with van der Waals surface area (Å²) in [6.45, 7) is 6.75. The first-order chi connectivity index (χ1) is 6.93. The SMILES string of the molecule is C1CNC(N2CCN(C3CC3)CC2)=N1. The Bertz CT molecular complexity index is 239. The maximum atomic E-state index is 4.46. The molecule has 0 atom stereocenters. The number of hydrogen-bond acceptors (Lipinski definition) is 4. The van der Waals surface area contributed by atoms with Gasteiger partial charge in [0.1, 0.15) is 0 Å². The van der Waals surface area contributed by atoms with E-state index in [4.69, 9.17) is 0 Å². The third kappa shape index (κ3) is 1.59. The van der Waals surface area contributed by atoms with Crippen molar-refractivity contribution in [3.8, 4) is 0 Å². The summed E-state index contributed by atoms with van der Waals surface area (Å²) in [4.78, 5) is 9.48. The monoisotopic (exact) mass is 194 g/mol. The van der Waals surface area contributed by atoms with E-state index in [-0.39, 0.29) is 0 Å². The summed E-state index contributed by atoms with van der Waals surface area (Å²) in [5.41, 5.74) is 0. The lowest BCUT2D eigenvalue weighted by atomic mass is 10.3. The predicted octanol–water partition coefficient (Wildman–Crippen LogP) is -0.274. The molecular formula is C10H18N4. The summed E-state index contributed by atoms with van der Waals surface area (Å²) in [5.74, 6) is 1.14. The number of piperazine rings is 1. The van der Waals surface area contributed by atoms with Gasteiger partial charge in [0.25, 0.3) is 0 Å². The number of rotatable bonds is 1. The van der Waals surface area contributed by atoms with E-state index in [0.29, 0.717) is 0 Å². The van der Waals surface area contributed by atoms with Crippen LogP contribution in [0.15, 0.2) is 4.99 Å². The molecule has 0 unspecified atom stereocenters. The van der Waals surface area contributed by atoms with Gasteiger partial charge in [-0.25, -0.2) is 0 Å². The van der Waals surface area contributed by atoms with Crippen LogP contribution < -0.4 is 5.32 Å². The summed E-state index contributed by atoms with van der Waals surface area (Å²) in [7, 11) is 0. The summed E-state index contributed by atoms with van der Waals surface area (Å²) in [5, 5.41) is 3.34. The molecule has 2 fully saturated rings. The molecule has 3 aliphatic rings. The Kier molecular flexibility index (Phi) is 2.09. The van der Waals surface area contributed by atoms with Gasteiger partial charge in [0.05, 0.1) is 6.54 Å². The van der Waals surface area contributed by atoms with Gasteiger partial charge >= 0.3 is 0 Å². The Labute approximate surface area is 85.0 Å². The molecule has 1 saturated heterocycles. The zero-order valence-electron chi connectivity index (χ0n) is 8.58. The first-order valence-electron chi connectivity index (χ1n) is 5.71. The molecule has 3 rings (SSSR count). The number of nitrogens with zero attached hydrogens (tertiary/aromatic N) is 3. The quantitative estimate of drug-likeness (QED) is 0.623. The van der Waals surface area contributed by atoms with E-state index in [1.165, 1.54) is 25.9 Å². The van der Waals surface area contributed by atoms with E-state index in [0.717, 1.165) is 38.2 Å². The Morgan fingerprint density at radius 3 is 2.50 bits per heavy atom. The molecule has 14 heavy (non-hydrogen) atoms. The zero-order valence-corrected chi connectivity index (χ0v) is 8.58. The second-order valence-corrected chi connectivity index (χ2v) is 4.39. The van der Waals surface area contributed by atoms with E-state index < -0.39 is 0 Å². The zero-order chi connectivity index (χ0) is 9.38. The third-order valence-corrected chi connectivity index (χ3v) is 3.33. The topological polar surface area (TPSA) is 30.9 Å². The van der Waals surface area contributed by atoms with Gasteiger partial charge in [0.15, 0.2) is 5.96 Å². The molecule has 2 aliphatic heterocycles. The van der Waals surface area contributed by atoms with Crippen LogP contribution in [0.4, 0.5) is 0 Å². The normalized spacial score (nSPS) is 28.9. The van der Waals surface area contributed by atoms with Gasteiger partial charge in [-0.1, -0.05) is 0 Å². The lowest BCUT2D eigenvalue weighted by Gasteiger charge is -2.35. The smallest absolute Gasteiger partial charge is 0.194 e. The van der Waals surface area contributed by atoms with Gasteiger partial charge in [-0.15, -0.1) is 0 Å². The van der Waals surface area contributed by atoms with Crippen molar-refractivity contribution in [3.05, 3.63) is 0 Å². The van der Waals surface area contributed by atoms with Crippen LogP contribution in [0.5, 0.6) is 0 Å². The summed E-state index contributed by atoms with van der Waals surface area (Å²) >= 11 is 0. The second-order valence-electron chi connectivity index (χ2n) is 4.39. The van der Waals surface area contributed by atoms with Crippen LogP contribution in [0.3, 0.4) is 0 Å². The molecule has 0 spiro atoms. The molecule has 1 N–H and O–H groups in total. The Hall–Kier alpha value is -0.770. The Balaban J connectivity index is 1.54. The maximum Gasteiger partial charge on any atom is 0.194 e. The first kappa shape index (κ1) is 8.53. The molecule has 0 amide bonds. The van der Waals surface area contributed by atoms with Gasteiger partial charge in [0, 0.05) is 38.8 Å². The van der Waals surface area contributed by atoms with E-state index in [1.54, 1.807) is 0 Å². The molecule has 4 nitrogen and oxygen atoms in total. The number of guanidine groups is 1. The van der Waals surface area contributed by atoms with E-state index >= 15 is 0 Å².